The third-order valence-electron chi connectivity index (χ3n) is 7.85. The second-order valence-corrected chi connectivity index (χ2v) is 13.4. The molecule has 0 saturated heterocycles. The molecule has 190 valence electrons. The van der Waals surface area contributed by atoms with Crippen molar-refractivity contribution < 1.29 is 13.5 Å². The van der Waals surface area contributed by atoms with Gasteiger partial charge in [-0.05, 0) is 78.5 Å². The molecular formula is C30H35NO3S2. The molecule has 1 aliphatic heterocycles. The van der Waals surface area contributed by atoms with Crippen LogP contribution in [0.3, 0.4) is 0 Å². The number of rotatable bonds is 6. The van der Waals surface area contributed by atoms with Crippen molar-refractivity contribution in [3.63, 3.8) is 0 Å². The van der Waals surface area contributed by atoms with Crippen molar-refractivity contribution in [2.75, 3.05) is 13.1 Å². The molecule has 2 aromatic carbocycles. The Morgan fingerprint density at radius 2 is 1.69 bits per heavy atom. The van der Waals surface area contributed by atoms with Gasteiger partial charge in [-0.15, -0.1) is 11.3 Å². The van der Waals surface area contributed by atoms with Crippen LogP contribution < -0.4 is 0 Å². The summed E-state index contributed by atoms with van der Waals surface area (Å²) in [5.41, 5.74) is 5.83. The van der Waals surface area contributed by atoms with Gasteiger partial charge in [-0.2, -0.15) is 4.31 Å². The summed E-state index contributed by atoms with van der Waals surface area (Å²) in [5.74, 6) is 1.11. The maximum Gasteiger partial charge on any atom is 0.243 e. The SMILES string of the molecule is Cc1ccc(S(=O)(=O)N2CCC(c3cc(-c4ccccc4)sc3CO)=C(C3CCC(C)CC3)C2)cc1. The van der Waals surface area contributed by atoms with Gasteiger partial charge in [0.15, 0.2) is 0 Å². The van der Waals surface area contributed by atoms with E-state index in [9.17, 15) is 13.5 Å². The fraction of sp³-hybridized carbons (Fsp3) is 0.400. The molecule has 3 aromatic rings. The number of aryl methyl sites for hydroxylation is 1. The summed E-state index contributed by atoms with van der Waals surface area (Å²) in [6.07, 6.45) is 5.23. The Labute approximate surface area is 219 Å². The van der Waals surface area contributed by atoms with Crippen LogP contribution >= 0.6 is 11.3 Å². The largest absolute Gasteiger partial charge is 0.391 e. The molecule has 4 nitrogen and oxygen atoms in total. The molecule has 1 aliphatic carbocycles. The van der Waals surface area contributed by atoms with Crippen LogP contribution in [0.5, 0.6) is 0 Å². The highest BCUT2D eigenvalue weighted by Gasteiger charge is 2.34. The van der Waals surface area contributed by atoms with Gasteiger partial charge >= 0.3 is 0 Å². The van der Waals surface area contributed by atoms with Gasteiger partial charge in [0.1, 0.15) is 0 Å². The Balaban J connectivity index is 1.55. The van der Waals surface area contributed by atoms with Gasteiger partial charge < -0.3 is 5.11 Å². The molecule has 1 aromatic heterocycles. The number of nitrogens with zero attached hydrogens (tertiary/aromatic N) is 1. The molecule has 6 heteroatoms. The standard InChI is InChI=1S/C30H35NO3S2/c1-21-8-12-23(13-9-21)28-19-31(36(33,34)25-14-10-22(2)11-15-25)17-16-26(28)27-18-29(35-30(27)20-32)24-6-4-3-5-7-24/h3-7,10-11,14-15,18,21,23,32H,8-9,12-13,16-17,19-20H2,1-2H3. The Kier molecular flexibility index (Phi) is 7.49. The number of aliphatic hydroxyl groups is 1. The van der Waals surface area contributed by atoms with Crippen molar-refractivity contribution >= 4 is 26.9 Å². The van der Waals surface area contributed by atoms with Gasteiger partial charge in [0, 0.05) is 22.8 Å². The molecule has 1 saturated carbocycles. The minimum Gasteiger partial charge on any atom is -0.391 e. The zero-order valence-corrected chi connectivity index (χ0v) is 22.7. The first-order valence-corrected chi connectivity index (χ1v) is 15.2. The van der Waals surface area contributed by atoms with Crippen LogP contribution in [0.1, 0.15) is 55.0 Å². The van der Waals surface area contributed by atoms with Crippen molar-refractivity contribution in [1.82, 2.24) is 4.31 Å². The smallest absolute Gasteiger partial charge is 0.243 e. The molecule has 0 atom stereocenters. The Morgan fingerprint density at radius 3 is 2.36 bits per heavy atom. The minimum absolute atomic E-state index is 0.00328. The first-order chi connectivity index (χ1) is 17.4. The van der Waals surface area contributed by atoms with Crippen LogP contribution in [0.15, 0.2) is 71.1 Å². The van der Waals surface area contributed by atoms with Crippen LogP contribution in [0.2, 0.25) is 0 Å². The van der Waals surface area contributed by atoms with Crippen molar-refractivity contribution in [1.29, 1.82) is 0 Å². The Hall–Kier alpha value is -2.25. The third-order valence-corrected chi connectivity index (χ3v) is 10.9. The van der Waals surface area contributed by atoms with E-state index in [4.69, 9.17) is 0 Å². The highest BCUT2D eigenvalue weighted by Crippen LogP contribution is 2.44. The van der Waals surface area contributed by atoms with Gasteiger partial charge in [-0.1, -0.05) is 67.8 Å². The average Bonchev–Trinajstić information content (AvgIpc) is 3.34. The van der Waals surface area contributed by atoms with Crippen molar-refractivity contribution in [3.05, 3.63) is 82.2 Å². The molecule has 1 fully saturated rings. The number of thiophene rings is 1. The number of aliphatic hydroxyl groups excluding tert-OH is 1. The maximum absolute atomic E-state index is 13.6. The van der Waals surface area contributed by atoms with Crippen molar-refractivity contribution in [2.24, 2.45) is 11.8 Å². The monoisotopic (exact) mass is 521 g/mol. The summed E-state index contributed by atoms with van der Waals surface area (Å²) < 4.78 is 28.9. The summed E-state index contributed by atoms with van der Waals surface area (Å²) in [5, 5.41) is 10.3. The van der Waals surface area contributed by atoms with E-state index in [0.717, 1.165) is 45.2 Å². The molecular weight excluding hydrogens is 486 g/mol. The fourth-order valence-corrected chi connectivity index (χ4v) is 8.14. The van der Waals surface area contributed by atoms with Crippen molar-refractivity contribution in [3.8, 4) is 10.4 Å². The van der Waals surface area contributed by atoms with Gasteiger partial charge in [-0.25, -0.2) is 8.42 Å². The van der Waals surface area contributed by atoms with Gasteiger partial charge in [-0.3, -0.25) is 0 Å². The molecule has 0 spiro atoms. The lowest BCUT2D eigenvalue weighted by Gasteiger charge is -2.36. The van der Waals surface area contributed by atoms with Crippen LogP contribution in [0.4, 0.5) is 0 Å². The van der Waals surface area contributed by atoms with Crippen LogP contribution in [-0.2, 0) is 16.6 Å². The van der Waals surface area contributed by atoms with Crippen molar-refractivity contribution in [2.45, 2.75) is 57.5 Å². The lowest BCUT2D eigenvalue weighted by Crippen LogP contribution is -2.39. The quantitative estimate of drug-likeness (QED) is 0.384. The van der Waals surface area contributed by atoms with Crippen LogP contribution in [0, 0.1) is 18.8 Å². The third kappa shape index (κ3) is 5.10. The molecule has 2 aliphatic rings. The van der Waals surface area contributed by atoms with Crippen LogP contribution in [-0.4, -0.2) is 30.9 Å². The van der Waals surface area contributed by atoms with Gasteiger partial charge in [0.25, 0.3) is 0 Å². The molecule has 5 rings (SSSR count). The number of hydrogen-bond donors (Lipinski definition) is 1. The minimum atomic E-state index is -3.57. The summed E-state index contributed by atoms with van der Waals surface area (Å²) in [6, 6.07) is 19.7. The molecule has 0 amide bonds. The van der Waals surface area contributed by atoms with Crippen LogP contribution in [0.25, 0.3) is 16.0 Å². The highest BCUT2D eigenvalue weighted by atomic mass is 32.2. The lowest BCUT2D eigenvalue weighted by molar-refractivity contribution is 0.285. The molecule has 36 heavy (non-hydrogen) atoms. The van der Waals surface area contributed by atoms with E-state index in [1.54, 1.807) is 27.8 Å². The predicted molar refractivity (Wildman–Crippen MR) is 148 cm³/mol. The summed E-state index contributed by atoms with van der Waals surface area (Å²) in [6.45, 7) is 5.18. The maximum atomic E-state index is 13.6. The molecule has 1 N–H and O–H groups in total. The zero-order chi connectivity index (χ0) is 25.3. The number of benzene rings is 2. The van der Waals surface area contributed by atoms with E-state index in [1.165, 1.54) is 24.0 Å². The molecule has 0 unspecified atom stereocenters. The second-order valence-electron chi connectivity index (χ2n) is 10.3. The van der Waals surface area contributed by atoms with E-state index in [2.05, 4.69) is 25.1 Å². The number of hydrogen-bond acceptors (Lipinski definition) is 4. The number of sulfonamides is 1. The summed E-state index contributed by atoms with van der Waals surface area (Å²) in [4.78, 5) is 2.49. The van der Waals surface area contributed by atoms with E-state index in [-0.39, 0.29) is 6.61 Å². The topological polar surface area (TPSA) is 57.6 Å². The van der Waals surface area contributed by atoms with E-state index in [1.807, 2.05) is 37.3 Å². The zero-order valence-electron chi connectivity index (χ0n) is 21.1. The molecule has 2 heterocycles. The van der Waals surface area contributed by atoms with Gasteiger partial charge in [0.05, 0.1) is 11.5 Å². The Bertz CT molecular complexity index is 1330. The van der Waals surface area contributed by atoms with E-state index >= 15 is 0 Å². The van der Waals surface area contributed by atoms with E-state index < -0.39 is 10.0 Å². The first kappa shape index (κ1) is 25.4. The second kappa shape index (κ2) is 10.6. The normalized spacial score (nSPS) is 21.6. The average molecular weight is 522 g/mol. The summed E-state index contributed by atoms with van der Waals surface area (Å²) >= 11 is 1.64. The Morgan fingerprint density at radius 1 is 1.00 bits per heavy atom. The predicted octanol–water partition coefficient (Wildman–Crippen LogP) is 6.89. The van der Waals surface area contributed by atoms with Gasteiger partial charge in [0.2, 0.25) is 10.0 Å². The lowest BCUT2D eigenvalue weighted by atomic mass is 9.76. The van der Waals surface area contributed by atoms with E-state index in [0.29, 0.717) is 30.3 Å². The summed E-state index contributed by atoms with van der Waals surface area (Å²) in [7, 11) is -3.57. The molecule has 0 bridgehead atoms. The first-order valence-electron chi connectivity index (χ1n) is 12.9. The highest BCUT2D eigenvalue weighted by molar-refractivity contribution is 7.89. The fourth-order valence-electron chi connectivity index (χ4n) is 5.66. The molecule has 0 radical (unpaired) electrons.